The third kappa shape index (κ3) is 5.54. The van der Waals surface area contributed by atoms with E-state index >= 15 is 0 Å². The lowest BCUT2D eigenvalue weighted by Crippen LogP contribution is -2.56. The van der Waals surface area contributed by atoms with Crippen LogP contribution in [-0.4, -0.2) is 76.2 Å². The van der Waals surface area contributed by atoms with E-state index in [9.17, 15) is 31.6 Å². The van der Waals surface area contributed by atoms with Gasteiger partial charge in [-0.25, -0.2) is 26.6 Å². The summed E-state index contributed by atoms with van der Waals surface area (Å²) in [6, 6.07) is 2.29. The van der Waals surface area contributed by atoms with Gasteiger partial charge in [-0.1, -0.05) is 25.2 Å². The average Bonchev–Trinajstić information content (AvgIpc) is 3.42. The molecule has 1 atom stereocenters. The molecule has 1 saturated heterocycles. The van der Waals surface area contributed by atoms with Crippen LogP contribution in [0.25, 0.3) is 21.5 Å². The number of anilines is 1. The second kappa shape index (κ2) is 10.7. The molecule has 0 radical (unpaired) electrons. The number of halogens is 2. The molecule has 1 amide bonds. The molecule has 3 heterocycles. The van der Waals surface area contributed by atoms with E-state index in [1.165, 1.54) is 24.1 Å². The Kier molecular flexibility index (Phi) is 7.68. The molecule has 0 bridgehead atoms. The zero-order valence-corrected chi connectivity index (χ0v) is 25.4. The molecule has 226 valence electrons. The number of ketones is 1. The number of alkyl halides is 2. The van der Waals surface area contributed by atoms with Crippen LogP contribution >= 0.6 is 11.3 Å². The molecule has 42 heavy (non-hydrogen) atoms. The van der Waals surface area contributed by atoms with Crippen LogP contribution in [0.5, 0.6) is 0 Å². The molecular weight excluding hydrogens is 592 g/mol. The predicted octanol–water partition coefficient (Wildman–Crippen LogP) is 2.48. The van der Waals surface area contributed by atoms with Gasteiger partial charge in [0.2, 0.25) is 15.8 Å². The first kappa shape index (κ1) is 30.1. The van der Waals surface area contributed by atoms with Crippen LogP contribution in [-0.2, 0) is 26.7 Å². The Morgan fingerprint density at radius 3 is 2.43 bits per heavy atom. The Morgan fingerprint density at radius 2 is 1.86 bits per heavy atom. The zero-order valence-electron chi connectivity index (χ0n) is 23.7. The molecule has 12 nitrogen and oxygen atoms in total. The Labute approximate surface area is 244 Å². The maximum Gasteiger partial charge on any atom is 0.291 e. The summed E-state index contributed by atoms with van der Waals surface area (Å²) in [5.74, 6) is -1.55. The number of fused-ring (bicyclic) bond motifs is 1. The second-order valence-electron chi connectivity index (χ2n) is 11.4. The summed E-state index contributed by atoms with van der Waals surface area (Å²) in [7, 11) is -2.67. The summed E-state index contributed by atoms with van der Waals surface area (Å²) in [6.45, 7) is 7.45. The lowest BCUT2D eigenvalue weighted by molar-refractivity contribution is -0.147. The highest BCUT2D eigenvalue weighted by molar-refractivity contribution is 7.89. The topological polar surface area (TPSA) is 147 Å². The monoisotopic (exact) mass is 623 g/mol. The third-order valence-corrected chi connectivity index (χ3v) is 10.1. The Bertz CT molecular complexity index is 1750. The van der Waals surface area contributed by atoms with Crippen LogP contribution in [0.3, 0.4) is 0 Å². The lowest BCUT2D eigenvalue weighted by Gasteiger charge is -2.41. The van der Waals surface area contributed by atoms with Crippen molar-refractivity contribution in [3.8, 4) is 10.7 Å². The van der Waals surface area contributed by atoms with E-state index < -0.39 is 56.2 Å². The van der Waals surface area contributed by atoms with Crippen LogP contribution in [0.15, 0.2) is 21.8 Å². The number of sulfonamides is 1. The number of aryl methyl sites for hydroxylation is 1. The molecule has 2 aliphatic rings. The normalized spacial score (nSPS) is 18.7. The standard InChI is InChI=1S/C26H31F2N7O5S2/c1-13(2)20(36)25(38)35-9-8-34(12-14(35)3)17-11-15(42(39,40)32-26(4)6-7-26)10-16-18(17)24(37)33(5)31-19(16)22-29-30-23(41-22)21(27)28/h10-11,13-14,21,32H,6-9,12H2,1-5H3. The fourth-order valence-corrected chi connectivity index (χ4v) is 7.15. The number of amides is 1. The third-order valence-electron chi connectivity index (χ3n) is 7.59. The summed E-state index contributed by atoms with van der Waals surface area (Å²) in [5.41, 5.74) is -0.798. The maximum absolute atomic E-state index is 13.6. The molecule has 1 unspecified atom stereocenters. The number of rotatable bonds is 8. The van der Waals surface area contributed by atoms with Crippen molar-refractivity contribution in [3.05, 3.63) is 27.5 Å². The first-order valence-corrected chi connectivity index (χ1v) is 15.7. The van der Waals surface area contributed by atoms with Gasteiger partial charge < -0.3 is 9.80 Å². The summed E-state index contributed by atoms with van der Waals surface area (Å²) < 4.78 is 57.6. The highest BCUT2D eigenvalue weighted by Crippen LogP contribution is 2.39. The maximum atomic E-state index is 13.6. The SMILES string of the molecule is CC(C)C(=O)C(=O)N1CCN(c2cc(S(=O)(=O)NC3(C)CC3)cc3c(-c4nnc(C(F)F)s4)nn(C)c(=O)c23)CC1C. The van der Waals surface area contributed by atoms with Crippen LogP contribution in [0.1, 0.15) is 52.0 Å². The van der Waals surface area contributed by atoms with Crippen molar-refractivity contribution < 1.29 is 26.8 Å². The Morgan fingerprint density at radius 1 is 1.17 bits per heavy atom. The smallest absolute Gasteiger partial charge is 0.291 e. The highest BCUT2D eigenvalue weighted by Gasteiger charge is 2.42. The molecule has 0 spiro atoms. The van der Waals surface area contributed by atoms with E-state index in [0.717, 1.165) is 4.68 Å². The molecule has 5 rings (SSSR count). The highest BCUT2D eigenvalue weighted by atomic mass is 32.2. The van der Waals surface area contributed by atoms with Crippen LogP contribution < -0.4 is 15.2 Å². The fraction of sp³-hybridized carbons (Fsp3) is 0.538. The minimum absolute atomic E-state index is 0.00416. The van der Waals surface area contributed by atoms with Gasteiger partial charge in [0.1, 0.15) is 5.69 Å². The van der Waals surface area contributed by atoms with Crippen molar-refractivity contribution in [1.82, 2.24) is 29.6 Å². The van der Waals surface area contributed by atoms with Crippen molar-refractivity contribution in [3.63, 3.8) is 0 Å². The first-order chi connectivity index (χ1) is 19.6. The molecule has 16 heteroatoms. The van der Waals surface area contributed by atoms with Crippen molar-refractivity contribution in [2.75, 3.05) is 24.5 Å². The first-order valence-electron chi connectivity index (χ1n) is 13.4. The molecule has 2 aromatic heterocycles. The minimum atomic E-state index is -4.07. The summed E-state index contributed by atoms with van der Waals surface area (Å²) in [5, 5.41) is 11.4. The number of hydrogen-bond acceptors (Lipinski definition) is 10. The largest absolute Gasteiger partial charge is 0.367 e. The number of hydrogen-bond donors (Lipinski definition) is 1. The van der Waals surface area contributed by atoms with E-state index in [0.29, 0.717) is 24.2 Å². The Hall–Kier alpha value is -3.37. The molecule has 2 fully saturated rings. The van der Waals surface area contributed by atoms with E-state index in [1.54, 1.807) is 32.6 Å². The number of benzene rings is 1. The van der Waals surface area contributed by atoms with E-state index in [4.69, 9.17) is 0 Å². The number of carbonyl (C=O) groups excluding carboxylic acids is 2. The molecule has 1 N–H and O–H groups in total. The quantitative estimate of drug-likeness (QED) is 0.374. The van der Waals surface area contributed by atoms with Crippen molar-refractivity contribution in [2.24, 2.45) is 13.0 Å². The van der Waals surface area contributed by atoms with E-state index in [-0.39, 0.29) is 51.7 Å². The van der Waals surface area contributed by atoms with Crippen LogP contribution in [0.2, 0.25) is 0 Å². The van der Waals surface area contributed by atoms with Gasteiger partial charge in [-0.2, -0.15) is 5.10 Å². The van der Waals surface area contributed by atoms with Gasteiger partial charge in [0.15, 0.2) is 10.0 Å². The molecular formula is C26H31F2N7O5S2. The second-order valence-corrected chi connectivity index (χ2v) is 14.1. The Balaban J connectivity index is 1.67. The number of piperazine rings is 1. The van der Waals surface area contributed by atoms with Crippen molar-refractivity contribution >= 4 is 49.5 Å². The zero-order chi connectivity index (χ0) is 30.7. The van der Waals surface area contributed by atoms with Gasteiger partial charge in [-0.05, 0) is 38.8 Å². The van der Waals surface area contributed by atoms with Gasteiger partial charge >= 0.3 is 0 Å². The van der Waals surface area contributed by atoms with Gasteiger partial charge in [0, 0.05) is 49.6 Å². The van der Waals surface area contributed by atoms with Crippen molar-refractivity contribution in [1.29, 1.82) is 0 Å². The number of nitrogens with zero attached hydrogens (tertiary/aromatic N) is 6. The lowest BCUT2D eigenvalue weighted by atomic mass is 10.0. The minimum Gasteiger partial charge on any atom is -0.367 e. The fourth-order valence-electron chi connectivity index (χ4n) is 4.94. The molecule has 1 aromatic carbocycles. The molecule has 1 aliphatic carbocycles. The predicted molar refractivity (Wildman–Crippen MR) is 152 cm³/mol. The summed E-state index contributed by atoms with van der Waals surface area (Å²) in [4.78, 5) is 41.9. The summed E-state index contributed by atoms with van der Waals surface area (Å²) in [6.07, 6.45) is -1.53. The van der Waals surface area contributed by atoms with Crippen LogP contribution in [0, 0.1) is 5.92 Å². The molecule has 3 aromatic rings. The van der Waals surface area contributed by atoms with Crippen LogP contribution in [0.4, 0.5) is 14.5 Å². The van der Waals surface area contributed by atoms with Gasteiger partial charge in [0.25, 0.3) is 17.9 Å². The average molecular weight is 624 g/mol. The van der Waals surface area contributed by atoms with E-state index in [2.05, 4.69) is 20.0 Å². The number of nitrogens with one attached hydrogen (secondary N) is 1. The molecule has 1 saturated carbocycles. The number of Topliss-reactive ketones (excluding diaryl/α,β-unsaturated/α-hetero) is 1. The number of carbonyl (C=O) groups is 2. The van der Waals surface area contributed by atoms with Gasteiger partial charge in [0.05, 0.1) is 16.0 Å². The van der Waals surface area contributed by atoms with E-state index in [1.807, 2.05) is 0 Å². The summed E-state index contributed by atoms with van der Waals surface area (Å²) >= 11 is 0.602. The molecule has 1 aliphatic heterocycles. The van der Waals surface area contributed by atoms with Gasteiger partial charge in [-0.15, -0.1) is 10.2 Å². The van der Waals surface area contributed by atoms with Crippen molar-refractivity contribution in [2.45, 2.75) is 63.4 Å². The number of aromatic nitrogens is 4. The van der Waals surface area contributed by atoms with Gasteiger partial charge in [-0.3, -0.25) is 14.4 Å².